The predicted octanol–water partition coefficient (Wildman–Crippen LogP) is 1.87. The first-order valence-electron chi connectivity index (χ1n) is 5.89. The Morgan fingerprint density at radius 2 is 1.95 bits per heavy atom. The second kappa shape index (κ2) is 5.48. The lowest BCUT2D eigenvalue weighted by Crippen LogP contribution is -2.11. The first kappa shape index (κ1) is 13.7. The number of pyridine rings is 1. The summed E-state index contributed by atoms with van der Waals surface area (Å²) in [4.78, 5) is 15.3. The van der Waals surface area contributed by atoms with E-state index in [-0.39, 0.29) is 11.4 Å². The molecule has 1 aromatic heterocycles. The number of nitrogen functional groups attached to an aromatic ring is 1. The standard InChI is InChI=1S/C14H15N3O3/c1-8-3-4-17-14(12(8)15)20-11-6-9(13(16)18)5-10(7-11)19-2/h3-7H,15H2,1-2H3,(H2,16,18). The Bertz CT molecular complexity index is 656. The number of methoxy groups -OCH3 is 1. The minimum atomic E-state index is -0.570. The number of carbonyl (C=O) groups is 1. The lowest BCUT2D eigenvalue weighted by molar-refractivity contribution is 0.0999. The summed E-state index contributed by atoms with van der Waals surface area (Å²) in [7, 11) is 1.49. The summed E-state index contributed by atoms with van der Waals surface area (Å²) in [6.07, 6.45) is 1.59. The fraction of sp³-hybridized carbons (Fsp3) is 0.143. The highest BCUT2D eigenvalue weighted by Gasteiger charge is 2.10. The molecule has 1 amide bonds. The maximum Gasteiger partial charge on any atom is 0.248 e. The molecule has 104 valence electrons. The average molecular weight is 273 g/mol. The molecule has 2 aromatic rings. The Kier molecular flexibility index (Phi) is 3.74. The lowest BCUT2D eigenvalue weighted by atomic mass is 10.2. The summed E-state index contributed by atoms with van der Waals surface area (Å²) in [5, 5.41) is 0. The van der Waals surface area contributed by atoms with Gasteiger partial charge in [-0.25, -0.2) is 4.98 Å². The van der Waals surface area contributed by atoms with Crippen molar-refractivity contribution in [1.82, 2.24) is 4.98 Å². The summed E-state index contributed by atoms with van der Waals surface area (Å²) >= 11 is 0. The Morgan fingerprint density at radius 1 is 1.25 bits per heavy atom. The zero-order valence-corrected chi connectivity index (χ0v) is 11.2. The Labute approximate surface area is 116 Å². The topological polar surface area (TPSA) is 100 Å². The number of aromatic nitrogens is 1. The van der Waals surface area contributed by atoms with Gasteiger partial charge in [0.1, 0.15) is 11.5 Å². The number of nitrogens with zero attached hydrogens (tertiary/aromatic N) is 1. The number of hydrogen-bond acceptors (Lipinski definition) is 5. The van der Waals surface area contributed by atoms with Gasteiger partial charge in [-0.3, -0.25) is 4.79 Å². The van der Waals surface area contributed by atoms with Gasteiger partial charge in [-0.05, 0) is 30.7 Å². The SMILES string of the molecule is COc1cc(Oc2nccc(C)c2N)cc(C(N)=O)c1. The monoisotopic (exact) mass is 273 g/mol. The van der Waals surface area contributed by atoms with Gasteiger partial charge in [0.15, 0.2) is 0 Å². The van der Waals surface area contributed by atoms with Gasteiger partial charge >= 0.3 is 0 Å². The Balaban J connectivity index is 2.40. The summed E-state index contributed by atoms with van der Waals surface area (Å²) in [5.74, 6) is 0.540. The van der Waals surface area contributed by atoms with Crippen LogP contribution in [-0.2, 0) is 0 Å². The number of aryl methyl sites for hydroxylation is 1. The number of ether oxygens (including phenoxy) is 2. The second-order valence-electron chi connectivity index (χ2n) is 4.21. The molecular weight excluding hydrogens is 258 g/mol. The first-order chi connectivity index (χ1) is 9.51. The molecule has 0 atom stereocenters. The molecule has 0 unspecified atom stereocenters. The molecule has 1 heterocycles. The lowest BCUT2D eigenvalue weighted by Gasteiger charge is -2.11. The Hall–Kier alpha value is -2.76. The van der Waals surface area contributed by atoms with Crippen LogP contribution in [-0.4, -0.2) is 18.0 Å². The molecule has 0 bridgehead atoms. The van der Waals surface area contributed by atoms with Crippen LogP contribution in [0.15, 0.2) is 30.5 Å². The van der Waals surface area contributed by atoms with Crippen LogP contribution >= 0.6 is 0 Å². The molecule has 20 heavy (non-hydrogen) atoms. The smallest absolute Gasteiger partial charge is 0.248 e. The summed E-state index contributed by atoms with van der Waals surface area (Å²) in [6.45, 7) is 1.85. The van der Waals surface area contributed by atoms with E-state index in [1.807, 2.05) is 6.92 Å². The molecule has 0 saturated heterocycles. The molecule has 2 rings (SSSR count). The van der Waals surface area contributed by atoms with Crippen molar-refractivity contribution in [2.24, 2.45) is 5.73 Å². The molecular formula is C14H15N3O3. The van der Waals surface area contributed by atoms with Crippen molar-refractivity contribution in [1.29, 1.82) is 0 Å². The third-order valence-electron chi connectivity index (χ3n) is 2.79. The minimum Gasteiger partial charge on any atom is -0.497 e. The minimum absolute atomic E-state index is 0.272. The average Bonchev–Trinajstić information content (AvgIpc) is 2.43. The van der Waals surface area contributed by atoms with E-state index in [1.165, 1.54) is 19.2 Å². The number of rotatable bonds is 4. The molecule has 0 aliphatic rings. The van der Waals surface area contributed by atoms with Crippen LogP contribution in [0.4, 0.5) is 5.69 Å². The molecule has 0 radical (unpaired) electrons. The van der Waals surface area contributed by atoms with Gasteiger partial charge in [0.2, 0.25) is 11.8 Å². The molecule has 0 aliphatic carbocycles. The van der Waals surface area contributed by atoms with Crippen LogP contribution in [0.1, 0.15) is 15.9 Å². The van der Waals surface area contributed by atoms with Crippen molar-refractivity contribution < 1.29 is 14.3 Å². The highest BCUT2D eigenvalue weighted by molar-refractivity contribution is 5.93. The summed E-state index contributed by atoms with van der Waals surface area (Å²) in [6, 6.07) is 6.44. The van der Waals surface area contributed by atoms with Crippen molar-refractivity contribution >= 4 is 11.6 Å². The van der Waals surface area contributed by atoms with Gasteiger partial charge in [0.05, 0.1) is 12.8 Å². The van der Waals surface area contributed by atoms with Crippen molar-refractivity contribution in [3.05, 3.63) is 41.6 Å². The molecule has 0 spiro atoms. The molecule has 4 N–H and O–H groups in total. The predicted molar refractivity (Wildman–Crippen MR) is 75.0 cm³/mol. The van der Waals surface area contributed by atoms with E-state index in [9.17, 15) is 4.79 Å². The number of primary amides is 1. The molecule has 6 heteroatoms. The Morgan fingerprint density at radius 3 is 2.60 bits per heavy atom. The molecule has 1 aromatic carbocycles. The van der Waals surface area contributed by atoms with E-state index in [0.29, 0.717) is 17.2 Å². The largest absolute Gasteiger partial charge is 0.497 e. The number of carbonyl (C=O) groups excluding carboxylic acids is 1. The molecule has 0 fully saturated rings. The molecule has 6 nitrogen and oxygen atoms in total. The van der Waals surface area contributed by atoms with Crippen molar-refractivity contribution in [2.75, 3.05) is 12.8 Å². The van der Waals surface area contributed by atoms with Gasteiger partial charge < -0.3 is 20.9 Å². The van der Waals surface area contributed by atoms with Crippen LogP contribution < -0.4 is 20.9 Å². The van der Waals surface area contributed by atoms with E-state index in [2.05, 4.69) is 4.98 Å². The van der Waals surface area contributed by atoms with Gasteiger partial charge in [-0.1, -0.05) is 0 Å². The van der Waals surface area contributed by atoms with Crippen molar-refractivity contribution in [2.45, 2.75) is 6.92 Å². The third-order valence-corrected chi connectivity index (χ3v) is 2.79. The number of nitrogens with two attached hydrogens (primary N) is 2. The van der Waals surface area contributed by atoms with E-state index in [1.54, 1.807) is 18.3 Å². The normalized spacial score (nSPS) is 10.1. The van der Waals surface area contributed by atoms with E-state index in [4.69, 9.17) is 20.9 Å². The van der Waals surface area contributed by atoms with E-state index >= 15 is 0 Å². The van der Waals surface area contributed by atoms with Crippen LogP contribution in [0.5, 0.6) is 17.4 Å². The number of benzene rings is 1. The van der Waals surface area contributed by atoms with Crippen LogP contribution in [0, 0.1) is 6.92 Å². The van der Waals surface area contributed by atoms with Gasteiger partial charge in [0.25, 0.3) is 0 Å². The van der Waals surface area contributed by atoms with Crippen LogP contribution in [0.3, 0.4) is 0 Å². The van der Waals surface area contributed by atoms with Gasteiger partial charge in [-0.2, -0.15) is 0 Å². The first-order valence-corrected chi connectivity index (χ1v) is 5.89. The van der Waals surface area contributed by atoms with E-state index in [0.717, 1.165) is 5.56 Å². The number of hydrogen-bond donors (Lipinski definition) is 2. The van der Waals surface area contributed by atoms with Crippen molar-refractivity contribution in [3.8, 4) is 17.4 Å². The fourth-order valence-electron chi connectivity index (χ4n) is 1.63. The quantitative estimate of drug-likeness (QED) is 0.885. The highest BCUT2D eigenvalue weighted by atomic mass is 16.5. The summed E-state index contributed by atoms with van der Waals surface area (Å²) < 4.78 is 10.7. The zero-order chi connectivity index (χ0) is 14.7. The third kappa shape index (κ3) is 2.80. The zero-order valence-electron chi connectivity index (χ0n) is 11.2. The highest BCUT2D eigenvalue weighted by Crippen LogP contribution is 2.30. The maximum atomic E-state index is 11.3. The molecule has 0 aliphatic heterocycles. The fourth-order valence-corrected chi connectivity index (χ4v) is 1.63. The maximum absolute atomic E-state index is 11.3. The van der Waals surface area contributed by atoms with E-state index < -0.39 is 5.91 Å². The molecule has 0 saturated carbocycles. The number of anilines is 1. The van der Waals surface area contributed by atoms with Gasteiger partial charge in [-0.15, -0.1) is 0 Å². The van der Waals surface area contributed by atoms with Crippen LogP contribution in [0.25, 0.3) is 0 Å². The second-order valence-corrected chi connectivity index (χ2v) is 4.21. The summed E-state index contributed by atoms with van der Waals surface area (Å²) in [5.41, 5.74) is 12.7. The van der Waals surface area contributed by atoms with Crippen LogP contribution in [0.2, 0.25) is 0 Å². The van der Waals surface area contributed by atoms with Crippen molar-refractivity contribution in [3.63, 3.8) is 0 Å². The van der Waals surface area contributed by atoms with Gasteiger partial charge in [0, 0.05) is 17.8 Å². The number of amides is 1.